The maximum Gasteiger partial charge on any atom is 0.418 e. The van der Waals surface area contributed by atoms with Crippen molar-refractivity contribution in [2.45, 2.75) is 25.0 Å². The molecule has 1 saturated heterocycles. The van der Waals surface area contributed by atoms with Gasteiger partial charge in [-0.2, -0.15) is 21.6 Å². The molecule has 2 atom stereocenters. The van der Waals surface area contributed by atoms with Gasteiger partial charge < -0.3 is 4.74 Å². The summed E-state index contributed by atoms with van der Waals surface area (Å²) in [4.78, 5) is 0. The molecule has 0 radical (unpaired) electrons. The molecule has 1 fully saturated rings. The fourth-order valence-corrected chi connectivity index (χ4v) is 2.65. The lowest BCUT2D eigenvalue weighted by molar-refractivity contribution is -0.205. The molecule has 0 unspecified atom stereocenters. The first-order valence-electron chi connectivity index (χ1n) is 5.58. The highest BCUT2D eigenvalue weighted by atomic mass is 32.3. The zero-order valence-corrected chi connectivity index (χ0v) is 10.9. The Morgan fingerprint density at radius 2 is 1.80 bits per heavy atom. The molecule has 1 aromatic rings. The Labute approximate surface area is 113 Å². The monoisotopic (exact) mass is 312 g/mol. The van der Waals surface area contributed by atoms with Crippen LogP contribution >= 0.6 is 0 Å². The molecule has 0 amide bonds. The summed E-state index contributed by atoms with van der Waals surface area (Å²) in [6.45, 7) is -0.496. The second-order valence-corrected chi connectivity index (χ2v) is 5.30. The maximum absolute atomic E-state index is 12.6. The number of hydrogen-bond donors (Lipinski definition) is 0. The van der Waals surface area contributed by atoms with Gasteiger partial charge in [0, 0.05) is 0 Å². The van der Waals surface area contributed by atoms with Gasteiger partial charge in [-0.25, -0.2) is 8.37 Å². The molecule has 1 aliphatic heterocycles. The number of halogens is 3. The Kier molecular flexibility index (Phi) is 4.33. The molecule has 20 heavy (non-hydrogen) atoms. The molecule has 112 valence electrons. The Hall–Kier alpha value is -1.16. The molecule has 5 nitrogen and oxygen atoms in total. The lowest BCUT2D eigenvalue weighted by Crippen LogP contribution is -2.40. The van der Waals surface area contributed by atoms with Crippen LogP contribution in [0.5, 0.6) is 0 Å². The highest BCUT2D eigenvalue weighted by Gasteiger charge is 2.55. The van der Waals surface area contributed by atoms with Crippen molar-refractivity contribution >= 4 is 10.4 Å². The fourth-order valence-electron chi connectivity index (χ4n) is 1.66. The van der Waals surface area contributed by atoms with Crippen LogP contribution in [-0.4, -0.2) is 33.4 Å². The van der Waals surface area contributed by atoms with Gasteiger partial charge in [-0.15, -0.1) is 0 Å². The molecule has 1 aromatic carbocycles. The predicted molar refractivity (Wildman–Crippen MR) is 60.8 cm³/mol. The van der Waals surface area contributed by atoms with Crippen molar-refractivity contribution in [3.05, 3.63) is 35.9 Å². The van der Waals surface area contributed by atoms with Gasteiger partial charge in [-0.3, -0.25) is 0 Å². The third-order valence-corrected chi connectivity index (χ3v) is 3.44. The van der Waals surface area contributed by atoms with E-state index in [1.807, 2.05) is 0 Å². The quantitative estimate of drug-likeness (QED) is 0.848. The first kappa shape index (κ1) is 15.2. The Morgan fingerprint density at radius 1 is 1.15 bits per heavy atom. The minimum Gasteiger partial charge on any atom is -0.374 e. The molecule has 0 spiro atoms. The van der Waals surface area contributed by atoms with Crippen LogP contribution in [0.3, 0.4) is 0 Å². The van der Waals surface area contributed by atoms with Crippen LogP contribution < -0.4 is 0 Å². The van der Waals surface area contributed by atoms with Crippen molar-refractivity contribution in [2.75, 3.05) is 6.61 Å². The van der Waals surface area contributed by atoms with Crippen LogP contribution in [-0.2, 0) is 30.1 Å². The van der Waals surface area contributed by atoms with Crippen LogP contribution in [0, 0.1) is 0 Å². The SMILES string of the molecule is O=S1(=O)O[C@@H](COCc2ccccc2)[C@H](C(F)(F)F)O1. The van der Waals surface area contributed by atoms with E-state index in [9.17, 15) is 21.6 Å². The molecule has 9 heteroatoms. The molecule has 1 aliphatic rings. The first-order valence-corrected chi connectivity index (χ1v) is 6.91. The average Bonchev–Trinajstić information content (AvgIpc) is 2.66. The topological polar surface area (TPSA) is 61.8 Å². The van der Waals surface area contributed by atoms with Crippen LogP contribution in [0.4, 0.5) is 13.2 Å². The van der Waals surface area contributed by atoms with Gasteiger partial charge in [-0.05, 0) is 5.56 Å². The highest BCUT2D eigenvalue weighted by Crippen LogP contribution is 2.34. The van der Waals surface area contributed by atoms with Gasteiger partial charge >= 0.3 is 16.6 Å². The number of benzene rings is 1. The first-order chi connectivity index (χ1) is 9.28. The van der Waals surface area contributed by atoms with Crippen LogP contribution in [0.15, 0.2) is 30.3 Å². The van der Waals surface area contributed by atoms with Crippen molar-refractivity contribution in [3.8, 4) is 0 Å². The largest absolute Gasteiger partial charge is 0.418 e. The third-order valence-electron chi connectivity index (χ3n) is 2.52. The van der Waals surface area contributed by atoms with E-state index in [1.54, 1.807) is 30.3 Å². The Bertz CT molecular complexity index is 543. The van der Waals surface area contributed by atoms with Crippen molar-refractivity contribution in [2.24, 2.45) is 0 Å². The number of rotatable bonds is 4. The number of alkyl halides is 3. The highest BCUT2D eigenvalue weighted by molar-refractivity contribution is 7.82. The van der Waals surface area contributed by atoms with E-state index in [0.717, 1.165) is 5.56 Å². The molecule has 0 bridgehead atoms. The lowest BCUT2D eigenvalue weighted by atomic mass is 10.2. The predicted octanol–water partition coefficient (Wildman–Crippen LogP) is 1.79. The molecule has 1 heterocycles. The van der Waals surface area contributed by atoms with Crippen LogP contribution in [0.1, 0.15) is 5.56 Å². The van der Waals surface area contributed by atoms with Crippen LogP contribution in [0.25, 0.3) is 0 Å². The maximum atomic E-state index is 12.6. The van der Waals surface area contributed by atoms with E-state index in [0.29, 0.717) is 0 Å². The number of ether oxygens (including phenoxy) is 1. The molecule has 0 aliphatic carbocycles. The van der Waals surface area contributed by atoms with E-state index >= 15 is 0 Å². The normalized spacial score (nSPS) is 25.8. The summed E-state index contributed by atoms with van der Waals surface area (Å²) in [6, 6.07) is 8.73. The van der Waals surface area contributed by atoms with Gasteiger partial charge in [0.1, 0.15) is 6.10 Å². The smallest absolute Gasteiger partial charge is 0.374 e. The van der Waals surface area contributed by atoms with Gasteiger partial charge in [0.05, 0.1) is 13.2 Å². The van der Waals surface area contributed by atoms with E-state index < -0.39 is 35.4 Å². The van der Waals surface area contributed by atoms with Crippen molar-refractivity contribution < 1.29 is 34.7 Å². The summed E-state index contributed by atoms with van der Waals surface area (Å²) in [5.74, 6) is 0. The summed E-state index contributed by atoms with van der Waals surface area (Å²) in [7, 11) is -4.62. The second-order valence-electron chi connectivity index (χ2n) is 4.10. The summed E-state index contributed by atoms with van der Waals surface area (Å²) in [6.07, 6.45) is -9.11. The van der Waals surface area contributed by atoms with Crippen molar-refractivity contribution in [1.29, 1.82) is 0 Å². The molecular weight excluding hydrogens is 301 g/mol. The average molecular weight is 312 g/mol. The fraction of sp³-hybridized carbons (Fsp3) is 0.455. The summed E-state index contributed by atoms with van der Waals surface area (Å²) in [5.41, 5.74) is 0.748. The van der Waals surface area contributed by atoms with Crippen molar-refractivity contribution in [3.63, 3.8) is 0 Å². The zero-order valence-electron chi connectivity index (χ0n) is 10.0. The molecule has 0 N–H and O–H groups in total. The lowest BCUT2D eigenvalue weighted by Gasteiger charge is -2.17. The Morgan fingerprint density at radius 3 is 2.40 bits per heavy atom. The van der Waals surface area contributed by atoms with Gasteiger partial charge in [0.15, 0.2) is 0 Å². The summed E-state index contributed by atoms with van der Waals surface area (Å²) in [5, 5.41) is 0. The van der Waals surface area contributed by atoms with E-state index in [2.05, 4.69) is 8.37 Å². The van der Waals surface area contributed by atoms with Gasteiger partial charge in [-0.1, -0.05) is 30.3 Å². The minimum absolute atomic E-state index is 0.0469. The zero-order chi connectivity index (χ0) is 14.8. The second kappa shape index (κ2) is 5.68. The van der Waals surface area contributed by atoms with Gasteiger partial charge in [0.25, 0.3) is 0 Å². The van der Waals surface area contributed by atoms with E-state index in [4.69, 9.17) is 4.74 Å². The van der Waals surface area contributed by atoms with Crippen LogP contribution in [0.2, 0.25) is 0 Å². The molecule has 2 rings (SSSR count). The molecule has 0 aromatic heterocycles. The minimum atomic E-state index is -4.84. The van der Waals surface area contributed by atoms with Gasteiger partial charge in [0.2, 0.25) is 6.10 Å². The van der Waals surface area contributed by atoms with E-state index in [-0.39, 0.29) is 6.61 Å². The molecular formula is C11H11F3O5S. The standard InChI is InChI=1S/C11H11F3O5S/c12-11(13,14)10-9(18-20(15,16)19-10)7-17-6-8-4-2-1-3-5-8/h1-5,9-10H,6-7H2/t9-,10+/m0/s1. The summed E-state index contributed by atoms with van der Waals surface area (Å²) >= 11 is 0. The summed E-state index contributed by atoms with van der Waals surface area (Å²) < 4.78 is 72.8. The third kappa shape index (κ3) is 3.92. The Balaban J connectivity index is 1.94. The van der Waals surface area contributed by atoms with Crippen molar-refractivity contribution in [1.82, 2.24) is 0 Å². The molecule has 0 saturated carbocycles. The number of hydrogen-bond acceptors (Lipinski definition) is 5. The van der Waals surface area contributed by atoms with E-state index in [1.165, 1.54) is 0 Å².